The van der Waals surface area contributed by atoms with Gasteiger partial charge in [-0.05, 0) is 6.92 Å². The Labute approximate surface area is 48.8 Å². The molecule has 0 aromatic carbocycles. The summed E-state index contributed by atoms with van der Waals surface area (Å²) in [5.74, 6) is 2.20. The average molecular weight is 134 g/mol. The lowest BCUT2D eigenvalue weighted by molar-refractivity contribution is 0.408. The largest absolute Gasteiger partial charge is 0.337 e. The summed E-state index contributed by atoms with van der Waals surface area (Å²) in [7, 11) is -2.46. The average Bonchev–Trinajstić information content (AvgIpc) is 1.67. The van der Waals surface area contributed by atoms with Crippen molar-refractivity contribution in [1.29, 1.82) is 0 Å². The van der Waals surface area contributed by atoms with Crippen molar-refractivity contribution in [1.82, 2.24) is 0 Å². The summed E-state index contributed by atoms with van der Waals surface area (Å²) in [5.41, 5.74) is 0. The zero-order valence-corrected chi connectivity index (χ0v) is 5.45. The van der Waals surface area contributed by atoms with Gasteiger partial charge in [0, 0.05) is 0 Å². The second kappa shape index (κ2) is 2.70. The smallest absolute Gasteiger partial charge is 0.264 e. The molecule has 0 radical (unpaired) electrons. The highest BCUT2D eigenvalue weighted by molar-refractivity contribution is 7.91. The Balaban J connectivity index is 4.34. The Morgan fingerprint density at radius 2 is 2.00 bits per heavy atom. The quantitative estimate of drug-likeness (QED) is 0.373. The summed E-state index contributed by atoms with van der Waals surface area (Å²) in [4.78, 5) is 0. The standard InChI is InChI=1S/C4H6O3S/c1-3-4-8(5,6)7-2/h1-2H3. The maximum atomic E-state index is 10.2. The molecule has 0 aliphatic heterocycles. The van der Waals surface area contributed by atoms with E-state index < -0.39 is 10.1 Å². The van der Waals surface area contributed by atoms with Crippen LogP contribution in [-0.2, 0) is 14.3 Å². The van der Waals surface area contributed by atoms with Crippen LogP contribution in [0.1, 0.15) is 6.92 Å². The van der Waals surface area contributed by atoms with Crippen LogP contribution in [0.25, 0.3) is 0 Å². The molecule has 3 nitrogen and oxygen atoms in total. The Morgan fingerprint density at radius 3 is 2.12 bits per heavy atom. The second-order valence-electron chi connectivity index (χ2n) is 0.973. The molecular weight excluding hydrogens is 128 g/mol. The van der Waals surface area contributed by atoms with Crippen LogP contribution in [0.4, 0.5) is 0 Å². The molecule has 0 heterocycles. The van der Waals surface area contributed by atoms with Crippen molar-refractivity contribution in [3.05, 3.63) is 0 Å². The van der Waals surface area contributed by atoms with Gasteiger partial charge in [-0.1, -0.05) is 5.92 Å². The number of hydrogen-bond acceptors (Lipinski definition) is 3. The minimum absolute atomic E-state index is 1.07. The molecule has 0 bridgehead atoms. The summed E-state index contributed by atoms with van der Waals surface area (Å²) >= 11 is 0. The first-order valence-corrected chi connectivity index (χ1v) is 3.27. The van der Waals surface area contributed by atoms with Crippen LogP contribution in [0.3, 0.4) is 0 Å². The first kappa shape index (κ1) is 7.47. The highest BCUT2D eigenvalue weighted by Gasteiger charge is 1.97. The van der Waals surface area contributed by atoms with Gasteiger partial charge in [0.05, 0.1) is 12.4 Å². The van der Waals surface area contributed by atoms with Gasteiger partial charge in [0.2, 0.25) is 0 Å². The zero-order valence-electron chi connectivity index (χ0n) is 4.63. The van der Waals surface area contributed by atoms with Gasteiger partial charge >= 0.3 is 10.1 Å². The zero-order chi connectivity index (χ0) is 6.62. The first-order chi connectivity index (χ1) is 3.62. The molecule has 0 atom stereocenters. The maximum absolute atomic E-state index is 10.2. The molecule has 0 rings (SSSR count). The van der Waals surface area contributed by atoms with E-state index in [1.165, 1.54) is 6.92 Å². The van der Waals surface area contributed by atoms with E-state index in [1.54, 1.807) is 0 Å². The molecular formula is C4H6O3S. The monoisotopic (exact) mass is 134 g/mol. The SMILES string of the molecule is CC#CS(=O)(=O)OC. The molecule has 4 heteroatoms. The topological polar surface area (TPSA) is 43.4 Å². The van der Waals surface area contributed by atoms with Crippen molar-refractivity contribution in [3.8, 4) is 11.2 Å². The third-order valence-corrected chi connectivity index (χ3v) is 1.34. The van der Waals surface area contributed by atoms with Gasteiger partial charge < -0.3 is 0 Å². The van der Waals surface area contributed by atoms with Crippen molar-refractivity contribution < 1.29 is 12.6 Å². The lowest BCUT2D eigenvalue weighted by Crippen LogP contribution is -1.95. The van der Waals surface area contributed by atoms with Crippen LogP contribution in [-0.4, -0.2) is 15.5 Å². The summed E-state index contributed by atoms with van der Waals surface area (Å²) < 4.78 is 24.4. The molecule has 0 unspecified atom stereocenters. The highest BCUT2D eigenvalue weighted by atomic mass is 32.2. The van der Waals surface area contributed by atoms with E-state index in [0.717, 1.165) is 7.11 Å². The molecule has 0 aromatic heterocycles. The van der Waals surface area contributed by atoms with Gasteiger partial charge in [-0.2, -0.15) is 8.42 Å². The van der Waals surface area contributed by atoms with Crippen LogP contribution in [0, 0.1) is 11.2 Å². The van der Waals surface area contributed by atoms with Gasteiger partial charge in [0.15, 0.2) is 0 Å². The third-order valence-electron chi connectivity index (χ3n) is 0.446. The molecule has 0 fully saturated rings. The molecule has 0 saturated carbocycles. The third kappa shape index (κ3) is 2.61. The minimum Gasteiger partial charge on any atom is -0.264 e. The molecule has 0 saturated heterocycles. The Kier molecular flexibility index (Phi) is 2.52. The van der Waals surface area contributed by atoms with Crippen LogP contribution in [0.5, 0.6) is 0 Å². The fraction of sp³-hybridized carbons (Fsp3) is 0.500. The predicted octanol–water partition coefficient (Wildman–Crippen LogP) is -0.0566. The van der Waals surface area contributed by atoms with Crippen molar-refractivity contribution in [2.24, 2.45) is 0 Å². The van der Waals surface area contributed by atoms with Gasteiger partial charge in [-0.3, -0.25) is 4.18 Å². The molecule has 0 amide bonds. The summed E-state index contributed by atoms with van der Waals surface area (Å²) in [6.07, 6.45) is 0. The molecule has 0 aliphatic rings. The van der Waals surface area contributed by atoms with E-state index in [2.05, 4.69) is 10.1 Å². The Morgan fingerprint density at radius 1 is 1.50 bits per heavy atom. The summed E-state index contributed by atoms with van der Waals surface area (Å²) in [6, 6.07) is 0. The number of hydrogen-bond donors (Lipinski definition) is 0. The molecule has 0 aromatic rings. The van der Waals surface area contributed by atoms with Gasteiger partial charge in [0.25, 0.3) is 0 Å². The lowest BCUT2D eigenvalue weighted by atomic mass is 10.9. The van der Waals surface area contributed by atoms with Crippen LogP contribution in [0.2, 0.25) is 0 Å². The second-order valence-corrected chi connectivity index (χ2v) is 2.42. The van der Waals surface area contributed by atoms with E-state index in [0.29, 0.717) is 0 Å². The first-order valence-electron chi connectivity index (χ1n) is 1.86. The van der Waals surface area contributed by atoms with E-state index in [4.69, 9.17) is 0 Å². The minimum atomic E-state index is -3.53. The lowest BCUT2D eigenvalue weighted by Gasteiger charge is -1.84. The normalized spacial score (nSPS) is 9.75. The molecule has 8 heavy (non-hydrogen) atoms. The molecule has 0 aliphatic carbocycles. The Hall–Kier alpha value is -0.530. The van der Waals surface area contributed by atoms with Gasteiger partial charge in [-0.15, -0.1) is 0 Å². The highest BCUT2D eigenvalue weighted by Crippen LogP contribution is 1.83. The van der Waals surface area contributed by atoms with Crippen molar-refractivity contribution in [3.63, 3.8) is 0 Å². The van der Waals surface area contributed by atoms with Gasteiger partial charge in [0.1, 0.15) is 0 Å². The van der Waals surface area contributed by atoms with Crippen LogP contribution in [0.15, 0.2) is 0 Å². The molecule has 46 valence electrons. The van der Waals surface area contributed by atoms with E-state index >= 15 is 0 Å². The van der Waals surface area contributed by atoms with E-state index in [-0.39, 0.29) is 0 Å². The maximum Gasteiger partial charge on any atom is 0.337 e. The number of rotatable bonds is 1. The summed E-state index contributed by atoms with van der Waals surface area (Å²) in [6.45, 7) is 1.43. The van der Waals surface area contributed by atoms with Crippen molar-refractivity contribution in [2.75, 3.05) is 7.11 Å². The van der Waals surface area contributed by atoms with Gasteiger partial charge in [-0.25, -0.2) is 0 Å². The fourth-order valence-electron chi connectivity index (χ4n) is 0.167. The van der Waals surface area contributed by atoms with E-state index in [1.807, 2.05) is 5.25 Å². The Bertz CT molecular complexity index is 203. The molecule has 0 spiro atoms. The fourth-order valence-corrected chi connectivity index (χ4v) is 0.500. The van der Waals surface area contributed by atoms with Crippen molar-refractivity contribution >= 4 is 10.1 Å². The van der Waals surface area contributed by atoms with E-state index in [9.17, 15) is 8.42 Å². The van der Waals surface area contributed by atoms with Crippen LogP contribution < -0.4 is 0 Å². The molecule has 0 N–H and O–H groups in total. The van der Waals surface area contributed by atoms with Crippen LogP contribution >= 0.6 is 0 Å². The predicted molar refractivity (Wildman–Crippen MR) is 29.4 cm³/mol. The van der Waals surface area contributed by atoms with Crippen molar-refractivity contribution in [2.45, 2.75) is 6.92 Å². The summed E-state index contributed by atoms with van der Waals surface area (Å²) in [5, 5.41) is 1.87.